The van der Waals surface area contributed by atoms with Crippen molar-refractivity contribution >= 4 is 9.05 Å². The molecule has 21 heavy (non-hydrogen) atoms. The molecule has 0 saturated heterocycles. The van der Waals surface area contributed by atoms with E-state index in [1.807, 2.05) is 0 Å². The second-order valence-electron chi connectivity index (χ2n) is 4.20. The van der Waals surface area contributed by atoms with Gasteiger partial charge in [0.25, 0.3) is 0 Å². The van der Waals surface area contributed by atoms with Crippen LogP contribution in [0.15, 0.2) is 0 Å². The first-order valence-electron chi connectivity index (χ1n) is 7.24. The number of hydrogen-bond acceptors (Lipinski definition) is 8. The topological polar surface area (TPSA) is 118 Å². The van der Waals surface area contributed by atoms with Gasteiger partial charge < -0.3 is 38.1 Å². The van der Waals surface area contributed by atoms with Gasteiger partial charge in [-0.3, -0.25) is 0 Å². The quantitative estimate of drug-likeness (QED) is 0.211. The smallest absolute Gasteiger partial charge is 0.396 e. The molecule has 0 heterocycles. The van der Waals surface area contributed by atoms with Crippen LogP contribution in [0.4, 0.5) is 0 Å². The Hall–Kier alpha value is -0.103. The van der Waals surface area contributed by atoms with Crippen LogP contribution in [0.2, 0.25) is 0 Å². The minimum absolute atomic E-state index is 0.0194. The lowest BCUT2D eigenvalue weighted by Crippen LogP contribution is -2.50. The molecule has 0 radical (unpaired) electrons. The van der Waals surface area contributed by atoms with Crippen LogP contribution >= 0.6 is 0 Å². The Kier molecular flexibility index (Phi) is 14.7. The fraction of sp³-hybridized carbons (Fsp3) is 1.00. The van der Waals surface area contributed by atoms with E-state index in [1.54, 1.807) is 0 Å². The van der Waals surface area contributed by atoms with Gasteiger partial charge in [-0.05, 0) is 25.7 Å². The van der Waals surface area contributed by atoms with Crippen LogP contribution in [0.25, 0.3) is 0 Å². The standard InChI is InChI=1S/C12H28O8Si/c13-5-1-9-17-21(18-10-2-6-14,19-11-3-7-15)20-12-4-8-16/h13-16H,1-12H2. The number of aliphatic hydroxyl groups excluding tert-OH is 4. The second kappa shape index (κ2) is 14.8. The molecule has 8 nitrogen and oxygen atoms in total. The first-order chi connectivity index (χ1) is 10.2. The van der Waals surface area contributed by atoms with Crippen LogP contribution in [-0.2, 0) is 17.7 Å². The Morgan fingerprint density at radius 2 is 0.714 bits per heavy atom. The van der Waals surface area contributed by atoms with Crippen LogP contribution in [-0.4, -0.2) is 82.3 Å². The highest BCUT2D eigenvalue weighted by Crippen LogP contribution is 2.14. The van der Waals surface area contributed by atoms with Crippen LogP contribution in [0.1, 0.15) is 25.7 Å². The van der Waals surface area contributed by atoms with E-state index in [1.165, 1.54) is 0 Å². The zero-order valence-corrected chi connectivity index (χ0v) is 13.4. The molecule has 4 N–H and O–H groups in total. The summed E-state index contributed by atoms with van der Waals surface area (Å²) >= 11 is 0. The third kappa shape index (κ3) is 11.2. The van der Waals surface area contributed by atoms with E-state index in [-0.39, 0.29) is 52.9 Å². The van der Waals surface area contributed by atoms with Crippen LogP contribution in [0.5, 0.6) is 0 Å². The zero-order valence-electron chi connectivity index (χ0n) is 12.4. The van der Waals surface area contributed by atoms with Gasteiger partial charge >= 0.3 is 9.05 Å². The predicted octanol–water partition coefficient (Wildman–Crippen LogP) is -0.982. The minimum Gasteiger partial charge on any atom is -0.396 e. The summed E-state index contributed by atoms with van der Waals surface area (Å²) in [5.41, 5.74) is 0. The maximum Gasteiger partial charge on any atom is 0.679 e. The molecule has 0 spiro atoms. The van der Waals surface area contributed by atoms with E-state index in [0.29, 0.717) is 25.7 Å². The third-order valence-corrected chi connectivity index (χ3v) is 4.56. The third-order valence-electron chi connectivity index (χ3n) is 2.33. The molecule has 0 unspecified atom stereocenters. The maximum absolute atomic E-state index is 8.82. The van der Waals surface area contributed by atoms with Crippen molar-refractivity contribution in [3.63, 3.8) is 0 Å². The molecular weight excluding hydrogens is 300 g/mol. The molecule has 0 atom stereocenters. The van der Waals surface area contributed by atoms with E-state index in [2.05, 4.69) is 0 Å². The molecule has 0 aliphatic heterocycles. The molecule has 0 rings (SSSR count). The molecule has 0 aromatic heterocycles. The van der Waals surface area contributed by atoms with E-state index < -0.39 is 9.05 Å². The summed E-state index contributed by atoms with van der Waals surface area (Å²) in [5.74, 6) is 0. The van der Waals surface area contributed by atoms with Gasteiger partial charge in [0, 0.05) is 52.9 Å². The van der Waals surface area contributed by atoms with Crippen molar-refractivity contribution in [3.05, 3.63) is 0 Å². The predicted molar refractivity (Wildman–Crippen MR) is 76.4 cm³/mol. The Bertz CT molecular complexity index is 174. The lowest BCUT2D eigenvalue weighted by atomic mass is 10.5. The van der Waals surface area contributed by atoms with Crippen LogP contribution in [0, 0.1) is 0 Å². The van der Waals surface area contributed by atoms with Gasteiger partial charge in [0.2, 0.25) is 0 Å². The van der Waals surface area contributed by atoms with E-state index in [0.717, 1.165) is 0 Å². The van der Waals surface area contributed by atoms with Gasteiger partial charge in [-0.2, -0.15) is 0 Å². The molecule has 0 bridgehead atoms. The first kappa shape index (κ1) is 20.9. The van der Waals surface area contributed by atoms with Gasteiger partial charge in [-0.15, -0.1) is 0 Å². The highest BCUT2D eigenvalue weighted by Gasteiger charge is 2.45. The Labute approximate surface area is 126 Å². The molecule has 0 aliphatic rings. The highest BCUT2D eigenvalue weighted by molar-refractivity contribution is 6.53. The summed E-state index contributed by atoms with van der Waals surface area (Å²) in [6.45, 7) is 0.811. The van der Waals surface area contributed by atoms with Crippen molar-refractivity contribution in [1.82, 2.24) is 0 Å². The molecule has 0 aliphatic carbocycles. The average Bonchev–Trinajstić information content (AvgIpc) is 2.48. The van der Waals surface area contributed by atoms with Crippen molar-refractivity contribution < 1.29 is 38.1 Å². The Morgan fingerprint density at radius 3 is 0.905 bits per heavy atom. The Morgan fingerprint density at radius 1 is 0.476 bits per heavy atom. The van der Waals surface area contributed by atoms with Gasteiger partial charge in [0.1, 0.15) is 0 Å². The monoisotopic (exact) mass is 328 g/mol. The van der Waals surface area contributed by atoms with E-state index in [9.17, 15) is 0 Å². The summed E-state index contributed by atoms with van der Waals surface area (Å²) in [5, 5.41) is 35.3. The van der Waals surface area contributed by atoms with Crippen molar-refractivity contribution in [2.24, 2.45) is 0 Å². The molecule has 9 heteroatoms. The largest absolute Gasteiger partial charge is 0.679 e. The van der Waals surface area contributed by atoms with Crippen molar-refractivity contribution in [1.29, 1.82) is 0 Å². The molecule has 0 saturated carbocycles. The highest BCUT2D eigenvalue weighted by atomic mass is 28.4. The van der Waals surface area contributed by atoms with Gasteiger partial charge in [-0.1, -0.05) is 0 Å². The molecule has 0 aromatic carbocycles. The second-order valence-corrected chi connectivity index (χ2v) is 6.36. The minimum atomic E-state index is -3.39. The van der Waals surface area contributed by atoms with Gasteiger partial charge in [-0.25, -0.2) is 0 Å². The average molecular weight is 328 g/mol. The summed E-state index contributed by atoms with van der Waals surface area (Å²) in [6.07, 6.45) is 1.69. The molecule has 0 aromatic rings. The number of aliphatic hydroxyl groups is 4. The molecule has 0 amide bonds. The summed E-state index contributed by atoms with van der Waals surface area (Å²) in [6, 6.07) is 0. The SMILES string of the molecule is OCCCO[Si](OCCCO)(OCCCO)OCCCO. The summed E-state index contributed by atoms with van der Waals surface area (Å²) in [7, 11) is -3.39. The van der Waals surface area contributed by atoms with Crippen molar-refractivity contribution in [2.75, 3.05) is 52.9 Å². The van der Waals surface area contributed by atoms with Crippen molar-refractivity contribution in [2.45, 2.75) is 25.7 Å². The lowest BCUT2D eigenvalue weighted by Gasteiger charge is -2.28. The van der Waals surface area contributed by atoms with Crippen molar-refractivity contribution in [3.8, 4) is 0 Å². The molecular formula is C12H28O8Si. The number of rotatable bonds is 16. The van der Waals surface area contributed by atoms with Gasteiger partial charge in [0.05, 0.1) is 0 Å². The summed E-state index contributed by atoms with van der Waals surface area (Å²) < 4.78 is 22.3. The molecule has 0 fully saturated rings. The normalized spacial score (nSPS) is 12.0. The first-order valence-corrected chi connectivity index (χ1v) is 8.87. The Balaban J connectivity index is 4.52. The molecule has 128 valence electrons. The fourth-order valence-electron chi connectivity index (χ4n) is 1.30. The van der Waals surface area contributed by atoms with Gasteiger partial charge in [0.15, 0.2) is 0 Å². The van der Waals surface area contributed by atoms with E-state index >= 15 is 0 Å². The lowest BCUT2D eigenvalue weighted by molar-refractivity contribution is -0.0415. The van der Waals surface area contributed by atoms with Crippen LogP contribution in [0.3, 0.4) is 0 Å². The maximum atomic E-state index is 8.82. The number of hydrogen-bond donors (Lipinski definition) is 4. The fourth-order valence-corrected chi connectivity index (χ4v) is 3.37. The van der Waals surface area contributed by atoms with Crippen LogP contribution < -0.4 is 0 Å². The summed E-state index contributed by atoms with van der Waals surface area (Å²) in [4.78, 5) is 0. The zero-order chi connectivity index (χ0) is 15.8. The van der Waals surface area contributed by atoms with E-state index in [4.69, 9.17) is 38.1 Å².